The van der Waals surface area contributed by atoms with Gasteiger partial charge in [0.05, 0.1) is 4.92 Å². The number of rotatable bonds is 9. The molecule has 2 N–H and O–H groups in total. The van der Waals surface area contributed by atoms with Crippen LogP contribution < -0.4 is 5.73 Å². The number of benzene rings is 2. The molecule has 2 rings (SSSR count). The molecule has 0 heterocycles. The molecule has 0 aliphatic carbocycles. The molecule has 0 aromatic heterocycles. The van der Waals surface area contributed by atoms with Crippen molar-refractivity contribution in [2.24, 2.45) is 0 Å². The van der Waals surface area contributed by atoms with E-state index in [1.165, 1.54) is 11.1 Å². The van der Waals surface area contributed by atoms with Crippen LogP contribution in [0, 0.1) is 17.0 Å². The maximum Gasteiger partial charge on any atom is 0.292 e. The molecule has 0 unspecified atom stereocenters. The number of aryl methyl sites for hydroxylation is 1. The molecule has 0 bridgehead atoms. The van der Waals surface area contributed by atoms with Crippen molar-refractivity contribution in [2.45, 2.75) is 33.1 Å². The van der Waals surface area contributed by atoms with E-state index in [0.29, 0.717) is 0 Å². The fourth-order valence-corrected chi connectivity index (χ4v) is 3.00. The second-order valence-electron chi connectivity index (χ2n) is 6.48. The molecule has 0 aliphatic rings. The Morgan fingerprint density at radius 1 is 1.04 bits per heavy atom. The third-order valence-electron chi connectivity index (χ3n) is 4.35. The van der Waals surface area contributed by atoms with E-state index in [1.807, 2.05) is 6.07 Å². The summed E-state index contributed by atoms with van der Waals surface area (Å²) in [6, 6.07) is 13.7. The third-order valence-corrected chi connectivity index (χ3v) is 4.35. The van der Waals surface area contributed by atoms with Crippen molar-refractivity contribution >= 4 is 11.4 Å². The molecule has 2 aromatic rings. The highest BCUT2D eigenvalue weighted by atomic mass is 16.6. The quantitative estimate of drug-likeness (QED) is 0.425. The van der Waals surface area contributed by atoms with E-state index < -0.39 is 4.92 Å². The van der Waals surface area contributed by atoms with E-state index in [2.05, 4.69) is 43.0 Å². The van der Waals surface area contributed by atoms with Crippen molar-refractivity contribution in [1.82, 2.24) is 4.90 Å². The number of nitrogen functional groups attached to an aromatic ring is 1. The first-order chi connectivity index (χ1) is 12.0. The zero-order chi connectivity index (χ0) is 18.2. The minimum Gasteiger partial charge on any atom is -0.393 e. The van der Waals surface area contributed by atoms with Gasteiger partial charge in [0.1, 0.15) is 5.69 Å². The van der Waals surface area contributed by atoms with E-state index >= 15 is 0 Å². The smallest absolute Gasteiger partial charge is 0.292 e. The lowest BCUT2D eigenvalue weighted by Crippen LogP contribution is -2.29. The molecule has 0 spiro atoms. The summed E-state index contributed by atoms with van der Waals surface area (Å²) in [5.41, 5.74) is 9.48. The van der Waals surface area contributed by atoms with E-state index in [0.717, 1.165) is 44.5 Å². The van der Waals surface area contributed by atoms with Crippen LogP contribution in [0.15, 0.2) is 42.5 Å². The van der Waals surface area contributed by atoms with Gasteiger partial charge in [-0.3, -0.25) is 10.1 Å². The van der Waals surface area contributed by atoms with Gasteiger partial charge < -0.3 is 10.6 Å². The second kappa shape index (κ2) is 9.18. The van der Waals surface area contributed by atoms with Gasteiger partial charge in [0, 0.05) is 19.2 Å². The number of anilines is 1. The second-order valence-corrected chi connectivity index (χ2v) is 6.48. The van der Waals surface area contributed by atoms with Gasteiger partial charge in [-0.15, -0.1) is 0 Å². The Morgan fingerprint density at radius 3 is 2.32 bits per heavy atom. The molecule has 5 nitrogen and oxygen atoms in total. The fourth-order valence-electron chi connectivity index (χ4n) is 3.00. The molecule has 0 aliphatic heterocycles. The number of nitrogens with two attached hydrogens (primary N) is 1. The van der Waals surface area contributed by atoms with E-state index in [-0.39, 0.29) is 11.4 Å². The standard InChI is InChI=1S/C20H27N3O2/c1-3-11-22(12-9-17-6-4-5-16(2)14-17)13-10-18-7-8-19(21)20(15-18)23(24)25/h4-8,14-15H,3,9-13,21H2,1-2H3. The van der Waals surface area contributed by atoms with Crippen LogP contribution in [0.3, 0.4) is 0 Å². The molecule has 0 radical (unpaired) electrons. The zero-order valence-electron chi connectivity index (χ0n) is 15.1. The van der Waals surface area contributed by atoms with E-state index in [9.17, 15) is 10.1 Å². The van der Waals surface area contributed by atoms with E-state index in [1.54, 1.807) is 12.1 Å². The number of hydrogen-bond donors (Lipinski definition) is 1. The summed E-state index contributed by atoms with van der Waals surface area (Å²) in [4.78, 5) is 13.0. The molecule has 134 valence electrons. The van der Waals surface area contributed by atoms with Crippen LogP contribution in [0.1, 0.15) is 30.0 Å². The Balaban J connectivity index is 1.95. The molecule has 0 saturated carbocycles. The van der Waals surface area contributed by atoms with Crippen molar-refractivity contribution < 1.29 is 4.92 Å². The predicted molar refractivity (Wildman–Crippen MR) is 103 cm³/mol. The molecular formula is C20H27N3O2. The average molecular weight is 341 g/mol. The van der Waals surface area contributed by atoms with Crippen LogP contribution in [0.2, 0.25) is 0 Å². The molecule has 5 heteroatoms. The lowest BCUT2D eigenvalue weighted by atomic mass is 10.1. The van der Waals surface area contributed by atoms with Crippen LogP contribution in [-0.4, -0.2) is 29.5 Å². The summed E-state index contributed by atoms with van der Waals surface area (Å²) in [5, 5.41) is 11.0. The van der Waals surface area contributed by atoms with Gasteiger partial charge in [-0.1, -0.05) is 42.8 Å². The number of nitro groups is 1. The molecule has 2 aromatic carbocycles. The zero-order valence-corrected chi connectivity index (χ0v) is 15.1. The van der Waals surface area contributed by atoms with Gasteiger partial charge in [0.25, 0.3) is 5.69 Å². The summed E-state index contributed by atoms with van der Waals surface area (Å²) in [5.74, 6) is 0. The lowest BCUT2D eigenvalue weighted by molar-refractivity contribution is -0.384. The van der Waals surface area contributed by atoms with Crippen molar-refractivity contribution in [3.63, 3.8) is 0 Å². The van der Waals surface area contributed by atoms with E-state index in [4.69, 9.17) is 5.73 Å². The minimum absolute atomic E-state index is 0.000646. The predicted octanol–water partition coefficient (Wildman–Crippen LogP) is 3.98. The Labute approximate surface area is 149 Å². The average Bonchev–Trinajstić information content (AvgIpc) is 2.58. The summed E-state index contributed by atoms with van der Waals surface area (Å²) in [6.45, 7) is 7.20. The first-order valence-corrected chi connectivity index (χ1v) is 8.80. The summed E-state index contributed by atoms with van der Waals surface area (Å²) in [7, 11) is 0. The normalized spacial score (nSPS) is 11.0. The Bertz CT molecular complexity index is 716. The maximum absolute atomic E-state index is 11.0. The van der Waals surface area contributed by atoms with Gasteiger partial charge in [0.15, 0.2) is 0 Å². The van der Waals surface area contributed by atoms with Gasteiger partial charge in [-0.25, -0.2) is 0 Å². The Morgan fingerprint density at radius 2 is 1.72 bits per heavy atom. The molecule has 25 heavy (non-hydrogen) atoms. The summed E-state index contributed by atoms with van der Waals surface area (Å²) < 4.78 is 0. The van der Waals surface area contributed by atoms with Crippen molar-refractivity contribution in [1.29, 1.82) is 0 Å². The Kier molecular flexibility index (Phi) is 6.95. The highest BCUT2D eigenvalue weighted by molar-refractivity contribution is 5.59. The van der Waals surface area contributed by atoms with Gasteiger partial charge >= 0.3 is 0 Å². The lowest BCUT2D eigenvalue weighted by Gasteiger charge is -2.22. The van der Waals surface area contributed by atoms with Crippen LogP contribution in [0.4, 0.5) is 11.4 Å². The highest BCUT2D eigenvalue weighted by Gasteiger charge is 2.12. The first kappa shape index (κ1) is 18.9. The molecule has 0 amide bonds. The maximum atomic E-state index is 11.0. The molecule has 0 saturated heterocycles. The van der Waals surface area contributed by atoms with Gasteiger partial charge in [-0.05, 0) is 49.9 Å². The molecule has 0 atom stereocenters. The SMILES string of the molecule is CCCN(CCc1cccc(C)c1)CCc1ccc(N)c([N+](=O)[O-])c1. The minimum atomic E-state index is -0.416. The molecule has 0 fully saturated rings. The molecular weight excluding hydrogens is 314 g/mol. The van der Waals surface area contributed by atoms with Crippen LogP contribution in [-0.2, 0) is 12.8 Å². The number of nitrogens with zero attached hydrogens (tertiary/aromatic N) is 2. The summed E-state index contributed by atoms with van der Waals surface area (Å²) >= 11 is 0. The van der Waals surface area contributed by atoms with Crippen LogP contribution in [0.25, 0.3) is 0 Å². The topological polar surface area (TPSA) is 72.4 Å². The summed E-state index contributed by atoms with van der Waals surface area (Å²) in [6.07, 6.45) is 2.90. The Hall–Kier alpha value is -2.40. The monoisotopic (exact) mass is 341 g/mol. The van der Waals surface area contributed by atoms with Crippen molar-refractivity contribution in [3.8, 4) is 0 Å². The number of nitro benzene ring substituents is 1. The third kappa shape index (κ3) is 5.87. The van der Waals surface area contributed by atoms with Crippen LogP contribution >= 0.6 is 0 Å². The fraction of sp³-hybridized carbons (Fsp3) is 0.400. The van der Waals surface area contributed by atoms with Crippen molar-refractivity contribution in [2.75, 3.05) is 25.4 Å². The van der Waals surface area contributed by atoms with Gasteiger partial charge in [-0.2, -0.15) is 0 Å². The van der Waals surface area contributed by atoms with Gasteiger partial charge in [0.2, 0.25) is 0 Å². The highest BCUT2D eigenvalue weighted by Crippen LogP contribution is 2.22. The first-order valence-electron chi connectivity index (χ1n) is 8.80. The van der Waals surface area contributed by atoms with Crippen molar-refractivity contribution in [3.05, 3.63) is 69.3 Å². The van der Waals surface area contributed by atoms with Crippen LogP contribution in [0.5, 0.6) is 0 Å². The number of hydrogen-bond acceptors (Lipinski definition) is 4. The largest absolute Gasteiger partial charge is 0.393 e.